The van der Waals surface area contributed by atoms with Gasteiger partial charge in [0.2, 0.25) is 0 Å². The topological polar surface area (TPSA) is 79.3 Å². The van der Waals surface area contributed by atoms with Crippen molar-refractivity contribution < 1.29 is 9.53 Å². The van der Waals surface area contributed by atoms with Gasteiger partial charge in [-0.1, -0.05) is 41.9 Å². The lowest BCUT2D eigenvalue weighted by Crippen LogP contribution is -2.43. The van der Waals surface area contributed by atoms with Crippen LogP contribution >= 0.6 is 15.9 Å². The first-order chi connectivity index (χ1) is 12.8. The van der Waals surface area contributed by atoms with Crippen molar-refractivity contribution in [2.45, 2.75) is 32.6 Å². The summed E-state index contributed by atoms with van der Waals surface area (Å²) in [5.74, 6) is 0.0857. The maximum absolute atomic E-state index is 13.2. The number of halogens is 1. The van der Waals surface area contributed by atoms with Crippen LogP contribution in [0.3, 0.4) is 0 Å². The molecule has 0 radical (unpaired) electrons. The lowest BCUT2D eigenvalue weighted by molar-refractivity contribution is -0.118. The maximum atomic E-state index is 13.2. The second-order valence-corrected chi connectivity index (χ2v) is 8.76. The Hall–Kier alpha value is -2.10. The van der Waals surface area contributed by atoms with Gasteiger partial charge in [-0.2, -0.15) is 5.26 Å². The minimum absolute atomic E-state index is 0.0916. The lowest BCUT2D eigenvalue weighted by atomic mass is 9.68. The molecule has 1 heterocycles. The van der Waals surface area contributed by atoms with Crippen LogP contribution in [0.5, 0.6) is 0 Å². The van der Waals surface area contributed by atoms with Crippen molar-refractivity contribution in [3.63, 3.8) is 0 Å². The van der Waals surface area contributed by atoms with Crippen LogP contribution in [-0.4, -0.2) is 30.9 Å². The Morgan fingerprint density at radius 2 is 2.15 bits per heavy atom. The molecule has 0 saturated carbocycles. The van der Waals surface area contributed by atoms with Crippen LogP contribution in [0.4, 0.5) is 0 Å². The van der Waals surface area contributed by atoms with E-state index in [0.29, 0.717) is 36.5 Å². The number of nitrogens with zero attached hydrogens (tertiary/aromatic N) is 2. The first-order valence-corrected chi connectivity index (χ1v) is 9.76. The highest BCUT2D eigenvalue weighted by molar-refractivity contribution is 9.10. The Morgan fingerprint density at radius 3 is 2.78 bits per heavy atom. The largest absolute Gasteiger partial charge is 0.384 e. The molecule has 6 heteroatoms. The van der Waals surface area contributed by atoms with Gasteiger partial charge in [-0.25, -0.2) is 0 Å². The number of hydrogen-bond acceptors (Lipinski definition) is 5. The average Bonchev–Trinajstić information content (AvgIpc) is 2.59. The van der Waals surface area contributed by atoms with Crippen molar-refractivity contribution in [3.05, 3.63) is 57.0 Å². The van der Waals surface area contributed by atoms with Crippen LogP contribution in [0, 0.1) is 16.7 Å². The molecule has 27 heavy (non-hydrogen) atoms. The molecule has 0 unspecified atom stereocenters. The Bertz CT molecular complexity index is 880. The highest BCUT2D eigenvalue weighted by Crippen LogP contribution is 2.49. The molecular weight excluding hydrogens is 406 g/mol. The van der Waals surface area contributed by atoms with E-state index in [4.69, 9.17) is 10.5 Å². The van der Waals surface area contributed by atoms with Crippen LogP contribution in [0.2, 0.25) is 0 Å². The SMILES string of the molecule is COCCN1C(N)=C(C#N)[C@H](c2cccc(Br)c2)C2=C1CC(C)(C)CC2=O. The number of hydrogen-bond donors (Lipinski definition) is 1. The van der Waals surface area contributed by atoms with E-state index in [-0.39, 0.29) is 11.2 Å². The number of benzene rings is 1. The average molecular weight is 430 g/mol. The molecule has 0 spiro atoms. The molecule has 5 nitrogen and oxygen atoms in total. The third-order valence-corrected chi connectivity index (χ3v) is 5.68. The standard InChI is InChI=1S/C21H24BrN3O2/c1-21(2)10-16-19(17(26)11-21)18(13-5-4-6-14(22)9-13)15(12-23)20(24)25(16)7-8-27-3/h4-6,9,18H,7-8,10-11,24H2,1-3H3/t18-/m0/s1. The quantitative estimate of drug-likeness (QED) is 0.786. The van der Waals surface area contributed by atoms with E-state index in [2.05, 4.69) is 35.8 Å². The predicted molar refractivity (Wildman–Crippen MR) is 107 cm³/mol. The van der Waals surface area contributed by atoms with Crippen molar-refractivity contribution in [1.82, 2.24) is 4.90 Å². The van der Waals surface area contributed by atoms with Gasteiger partial charge >= 0.3 is 0 Å². The van der Waals surface area contributed by atoms with E-state index in [1.165, 1.54) is 0 Å². The maximum Gasteiger partial charge on any atom is 0.162 e. The van der Waals surface area contributed by atoms with E-state index in [9.17, 15) is 10.1 Å². The number of nitriles is 1. The molecule has 0 fully saturated rings. The molecule has 0 saturated heterocycles. The smallest absolute Gasteiger partial charge is 0.162 e. The second-order valence-electron chi connectivity index (χ2n) is 7.84. The molecule has 0 amide bonds. The number of ether oxygens (including phenoxy) is 1. The summed E-state index contributed by atoms with van der Waals surface area (Å²) in [7, 11) is 1.63. The molecule has 1 atom stereocenters. The zero-order chi connectivity index (χ0) is 19.8. The van der Waals surface area contributed by atoms with Gasteiger partial charge in [0.1, 0.15) is 5.82 Å². The molecule has 3 rings (SSSR count). The van der Waals surface area contributed by atoms with E-state index in [1.807, 2.05) is 29.2 Å². The van der Waals surface area contributed by atoms with Gasteiger partial charge < -0.3 is 15.4 Å². The highest BCUT2D eigenvalue weighted by atomic mass is 79.9. The minimum atomic E-state index is -0.426. The van der Waals surface area contributed by atoms with Gasteiger partial charge in [0.25, 0.3) is 0 Å². The number of methoxy groups -OCH3 is 1. The van der Waals surface area contributed by atoms with E-state index in [0.717, 1.165) is 22.2 Å². The third-order valence-electron chi connectivity index (χ3n) is 5.19. The van der Waals surface area contributed by atoms with Gasteiger partial charge in [-0.3, -0.25) is 4.79 Å². The number of Topliss-reactive ketones (excluding diaryl/α,β-unsaturated/α-hetero) is 1. The van der Waals surface area contributed by atoms with Crippen LogP contribution in [-0.2, 0) is 9.53 Å². The molecule has 1 aromatic rings. The van der Waals surface area contributed by atoms with Crippen molar-refractivity contribution in [2.24, 2.45) is 11.1 Å². The fourth-order valence-corrected chi connectivity index (χ4v) is 4.45. The van der Waals surface area contributed by atoms with Crippen LogP contribution in [0.15, 0.2) is 51.4 Å². The molecule has 142 valence electrons. The molecule has 1 aliphatic heterocycles. The third kappa shape index (κ3) is 3.67. The zero-order valence-corrected chi connectivity index (χ0v) is 17.5. The van der Waals surface area contributed by atoms with Crippen molar-refractivity contribution in [2.75, 3.05) is 20.3 Å². The van der Waals surface area contributed by atoms with Gasteiger partial charge in [0.05, 0.1) is 24.2 Å². The summed E-state index contributed by atoms with van der Waals surface area (Å²) in [6, 6.07) is 10.0. The lowest BCUT2D eigenvalue weighted by Gasteiger charge is -2.43. The minimum Gasteiger partial charge on any atom is -0.384 e. The fourth-order valence-electron chi connectivity index (χ4n) is 4.03. The zero-order valence-electron chi connectivity index (χ0n) is 15.9. The molecular formula is C21H24BrN3O2. The number of rotatable bonds is 4. The van der Waals surface area contributed by atoms with Crippen molar-refractivity contribution in [3.8, 4) is 6.07 Å². The molecule has 1 aromatic carbocycles. The Morgan fingerprint density at radius 1 is 1.41 bits per heavy atom. The molecule has 2 N–H and O–H groups in total. The number of ketones is 1. The van der Waals surface area contributed by atoms with Crippen LogP contribution < -0.4 is 5.73 Å². The summed E-state index contributed by atoms with van der Waals surface area (Å²) >= 11 is 3.49. The highest BCUT2D eigenvalue weighted by Gasteiger charge is 2.44. The predicted octanol–water partition coefficient (Wildman–Crippen LogP) is 3.83. The van der Waals surface area contributed by atoms with E-state index in [1.54, 1.807) is 7.11 Å². The molecule has 1 aliphatic carbocycles. The van der Waals surface area contributed by atoms with Crippen molar-refractivity contribution >= 4 is 21.7 Å². The molecule has 0 bridgehead atoms. The number of carbonyl (C=O) groups excluding carboxylic acids is 1. The van der Waals surface area contributed by atoms with Crippen LogP contribution in [0.25, 0.3) is 0 Å². The molecule has 0 aromatic heterocycles. The monoisotopic (exact) mass is 429 g/mol. The molecule has 2 aliphatic rings. The first-order valence-electron chi connectivity index (χ1n) is 8.97. The second kappa shape index (κ2) is 7.49. The van der Waals surface area contributed by atoms with Gasteiger partial charge in [-0.15, -0.1) is 0 Å². The Kier molecular flexibility index (Phi) is 5.45. The summed E-state index contributed by atoms with van der Waals surface area (Å²) in [4.78, 5) is 15.1. The summed E-state index contributed by atoms with van der Waals surface area (Å²) < 4.78 is 6.14. The first kappa shape index (κ1) is 19.7. The number of carbonyl (C=O) groups is 1. The van der Waals surface area contributed by atoms with E-state index < -0.39 is 5.92 Å². The Labute approximate surface area is 168 Å². The summed E-state index contributed by atoms with van der Waals surface area (Å²) in [5, 5.41) is 9.89. The van der Waals surface area contributed by atoms with Crippen molar-refractivity contribution in [1.29, 1.82) is 5.26 Å². The summed E-state index contributed by atoms with van der Waals surface area (Å²) in [6.45, 7) is 5.17. The normalized spacial score (nSPS) is 22.0. The van der Waals surface area contributed by atoms with Gasteiger partial charge in [-0.05, 0) is 29.5 Å². The fraction of sp³-hybridized carbons (Fsp3) is 0.429. The van der Waals surface area contributed by atoms with Crippen LogP contribution in [0.1, 0.15) is 38.2 Å². The summed E-state index contributed by atoms with van der Waals surface area (Å²) in [6.07, 6.45) is 1.20. The van der Waals surface area contributed by atoms with Gasteiger partial charge in [0, 0.05) is 35.8 Å². The Balaban J connectivity index is 2.22. The summed E-state index contributed by atoms with van der Waals surface area (Å²) in [5.41, 5.74) is 9.26. The van der Waals surface area contributed by atoms with Gasteiger partial charge in [0.15, 0.2) is 5.78 Å². The number of allylic oxidation sites excluding steroid dienone is 3. The number of nitrogens with two attached hydrogens (primary N) is 1. The van der Waals surface area contributed by atoms with E-state index >= 15 is 0 Å².